The van der Waals surface area contributed by atoms with E-state index in [1.807, 2.05) is 0 Å². The van der Waals surface area contributed by atoms with Crippen molar-refractivity contribution in [2.75, 3.05) is 6.61 Å². The number of H-pyrrole nitrogens is 1. The van der Waals surface area contributed by atoms with E-state index in [1.165, 1.54) is 0 Å². The molecule has 0 aliphatic rings. The lowest BCUT2D eigenvalue weighted by molar-refractivity contribution is -0.162. The molecule has 0 saturated carbocycles. The molecule has 130 valence electrons. The number of benzene rings is 1. The Morgan fingerprint density at radius 1 is 1.21 bits per heavy atom. The van der Waals surface area contributed by atoms with Crippen LogP contribution in [0.15, 0.2) is 24.3 Å². The minimum Gasteiger partial charge on any atom is -0.479 e. The summed E-state index contributed by atoms with van der Waals surface area (Å²) in [5.74, 6) is -0.308. The second kappa shape index (κ2) is 6.95. The normalized spacial score (nSPS) is 12.7. The van der Waals surface area contributed by atoms with Crippen molar-refractivity contribution in [3.05, 3.63) is 30.0 Å². The third-order valence-corrected chi connectivity index (χ3v) is 3.14. The number of hydrogen-bond donors (Lipinski definition) is 1. The van der Waals surface area contributed by atoms with Gasteiger partial charge < -0.3 is 19.2 Å². The van der Waals surface area contributed by atoms with Crippen molar-refractivity contribution in [2.45, 2.75) is 46.3 Å². The summed E-state index contributed by atoms with van der Waals surface area (Å²) in [6, 6.07) is 6.97. The summed E-state index contributed by atoms with van der Waals surface area (Å²) >= 11 is 0. The van der Waals surface area contributed by atoms with Crippen LogP contribution < -0.4 is 4.74 Å². The lowest BCUT2D eigenvalue weighted by Crippen LogP contribution is -2.33. The highest BCUT2D eigenvalue weighted by Crippen LogP contribution is 2.23. The van der Waals surface area contributed by atoms with Gasteiger partial charge in [0.1, 0.15) is 17.0 Å². The molecule has 24 heavy (non-hydrogen) atoms. The van der Waals surface area contributed by atoms with E-state index in [0.717, 1.165) is 10.9 Å². The Hall–Kier alpha value is -2.50. The molecule has 0 bridgehead atoms. The van der Waals surface area contributed by atoms with Gasteiger partial charge in [0.25, 0.3) is 0 Å². The van der Waals surface area contributed by atoms with Crippen molar-refractivity contribution in [3.63, 3.8) is 0 Å². The number of fused-ring (bicyclic) bond motifs is 1. The van der Waals surface area contributed by atoms with Gasteiger partial charge in [-0.2, -0.15) is 0 Å². The van der Waals surface area contributed by atoms with Crippen LogP contribution in [0.4, 0.5) is 0 Å². The number of carbonyl (C=O) groups is 2. The van der Waals surface area contributed by atoms with Crippen LogP contribution in [0.2, 0.25) is 0 Å². The van der Waals surface area contributed by atoms with Crippen LogP contribution >= 0.6 is 0 Å². The number of aromatic nitrogens is 1. The average molecular weight is 333 g/mol. The van der Waals surface area contributed by atoms with Gasteiger partial charge in [-0.3, -0.25) is 0 Å². The summed E-state index contributed by atoms with van der Waals surface area (Å²) in [5, 5.41) is 0.798. The van der Waals surface area contributed by atoms with Crippen LogP contribution in [-0.4, -0.2) is 35.2 Å². The Morgan fingerprint density at radius 2 is 1.92 bits per heavy atom. The van der Waals surface area contributed by atoms with E-state index in [0.29, 0.717) is 18.1 Å². The zero-order chi connectivity index (χ0) is 17.9. The third kappa shape index (κ3) is 4.50. The minimum atomic E-state index is -0.731. The molecule has 2 aromatic rings. The van der Waals surface area contributed by atoms with Gasteiger partial charge in [0.15, 0.2) is 6.10 Å². The van der Waals surface area contributed by atoms with Crippen LogP contribution in [0.25, 0.3) is 10.9 Å². The maximum atomic E-state index is 12.0. The third-order valence-electron chi connectivity index (χ3n) is 3.14. The Bertz CT molecular complexity index is 741. The predicted molar refractivity (Wildman–Crippen MR) is 90.2 cm³/mol. The molecular weight excluding hydrogens is 310 g/mol. The first-order valence-corrected chi connectivity index (χ1v) is 7.89. The van der Waals surface area contributed by atoms with E-state index < -0.39 is 23.6 Å². The summed E-state index contributed by atoms with van der Waals surface area (Å²) in [6.45, 7) is 9.13. The lowest BCUT2D eigenvalue weighted by Gasteiger charge is -2.22. The molecule has 6 heteroatoms. The topological polar surface area (TPSA) is 77.6 Å². The zero-order valence-electron chi connectivity index (χ0n) is 14.6. The number of nitrogens with one attached hydrogen (secondary N) is 1. The van der Waals surface area contributed by atoms with Crippen LogP contribution in [0.3, 0.4) is 0 Å². The van der Waals surface area contributed by atoms with E-state index in [-0.39, 0.29) is 0 Å². The Balaban J connectivity index is 2.13. The molecule has 6 nitrogen and oxygen atoms in total. The van der Waals surface area contributed by atoms with Crippen LogP contribution in [0.1, 0.15) is 45.1 Å². The number of ether oxygens (including phenoxy) is 3. The van der Waals surface area contributed by atoms with E-state index in [4.69, 9.17) is 14.2 Å². The Kier molecular flexibility index (Phi) is 5.17. The number of rotatable bonds is 5. The summed E-state index contributed by atoms with van der Waals surface area (Å²) < 4.78 is 15.9. The van der Waals surface area contributed by atoms with Crippen molar-refractivity contribution in [3.8, 4) is 5.75 Å². The molecule has 1 atom stereocenters. The zero-order valence-corrected chi connectivity index (χ0v) is 14.6. The van der Waals surface area contributed by atoms with Gasteiger partial charge >= 0.3 is 11.9 Å². The first kappa shape index (κ1) is 17.8. The molecule has 1 unspecified atom stereocenters. The maximum absolute atomic E-state index is 12.0. The van der Waals surface area contributed by atoms with Crippen LogP contribution in [0, 0.1) is 0 Å². The molecule has 0 saturated heterocycles. The average Bonchev–Trinajstić information content (AvgIpc) is 2.89. The molecule has 1 aromatic heterocycles. The summed E-state index contributed by atoms with van der Waals surface area (Å²) in [4.78, 5) is 26.7. The van der Waals surface area contributed by atoms with Crippen molar-refractivity contribution in [2.24, 2.45) is 0 Å². The SMILES string of the molecule is CCOC(=O)c1cc2cc(OC(C)C(=O)OC(C)(C)C)ccc2[nH]1. The highest BCUT2D eigenvalue weighted by Gasteiger charge is 2.23. The Morgan fingerprint density at radius 3 is 2.54 bits per heavy atom. The molecule has 1 heterocycles. The highest BCUT2D eigenvalue weighted by atomic mass is 16.6. The molecule has 0 spiro atoms. The Labute approximate surface area is 141 Å². The first-order valence-electron chi connectivity index (χ1n) is 7.89. The van der Waals surface area contributed by atoms with Gasteiger partial charge in [-0.25, -0.2) is 9.59 Å². The summed E-state index contributed by atoms with van der Waals surface area (Å²) in [6.07, 6.45) is -0.731. The monoisotopic (exact) mass is 333 g/mol. The van der Waals surface area contributed by atoms with Crippen LogP contribution in [-0.2, 0) is 14.3 Å². The molecule has 0 fully saturated rings. The predicted octanol–water partition coefficient (Wildman–Crippen LogP) is 3.45. The van der Waals surface area contributed by atoms with Crippen molar-refractivity contribution in [1.29, 1.82) is 0 Å². The molecular formula is C18H23NO5. The second-order valence-corrected chi connectivity index (χ2v) is 6.45. The molecule has 1 N–H and O–H groups in total. The fraction of sp³-hybridized carbons (Fsp3) is 0.444. The molecule has 0 aliphatic heterocycles. The van der Waals surface area contributed by atoms with Gasteiger partial charge in [0, 0.05) is 10.9 Å². The number of carbonyl (C=O) groups excluding carboxylic acids is 2. The van der Waals surface area contributed by atoms with Gasteiger partial charge in [-0.05, 0) is 58.9 Å². The first-order chi connectivity index (χ1) is 11.2. The van der Waals surface area contributed by atoms with Gasteiger partial charge in [0.2, 0.25) is 0 Å². The van der Waals surface area contributed by atoms with E-state index >= 15 is 0 Å². The van der Waals surface area contributed by atoms with E-state index in [1.54, 1.807) is 58.9 Å². The molecule has 2 rings (SSSR count). The second-order valence-electron chi connectivity index (χ2n) is 6.45. The van der Waals surface area contributed by atoms with E-state index in [9.17, 15) is 9.59 Å². The fourth-order valence-corrected chi connectivity index (χ4v) is 2.14. The summed E-state index contributed by atoms with van der Waals surface area (Å²) in [5.41, 5.74) is 0.605. The van der Waals surface area contributed by atoms with Crippen LogP contribution in [0.5, 0.6) is 5.75 Å². The maximum Gasteiger partial charge on any atom is 0.354 e. The van der Waals surface area contributed by atoms with Crippen molar-refractivity contribution < 1.29 is 23.8 Å². The molecule has 0 radical (unpaired) electrons. The largest absolute Gasteiger partial charge is 0.479 e. The fourth-order valence-electron chi connectivity index (χ4n) is 2.14. The quantitative estimate of drug-likeness (QED) is 0.848. The van der Waals surface area contributed by atoms with Gasteiger partial charge in [-0.1, -0.05) is 0 Å². The van der Waals surface area contributed by atoms with E-state index in [2.05, 4.69) is 4.98 Å². The van der Waals surface area contributed by atoms with Gasteiger partial charge in [0.05, 0.1) is 6.61 Å². The standard InChI is InChI=1S/C18H23NO5/c1-6-22-17(21)15-10-12-9-13(7-8-14(12)19-15)23-11(2)16(20)24-18(3,4)5/h7-11,19H,6H2,1-5H3. The minimum absolute atomic E-state index is 0.315. The molecule has 0 aliphatic carbocycles. The number of esters is 2. The number of hydrogen-bond acceptors (Lipinski definition) is 5. The van der Waals surface area contributed by atoms with Crippen molar-refractivity contribution >= 4 is 22.8 Å². The molecule has 0 amide bonds. The molecule has 1 aromatic carbocycles. The number of aromatic amines is 1. The highest BCUT2D eigenvalue weighted by molar-refractivity contribution is 5.95. The lowest BCUT2D eigenvalue weighted by atomic mass is 10.2. The van der Waals surface area contributed by atoms with Gasteiger partial charge in [-0.15, -0.1) is 0 Å². The summed E-state index contributed by atoms with van der Waals surface area (Å²) in [7, 11) is 0. The smallest absolute Gasteiger partial charge is 0.354 e. The van der Waals surface area contributed by atoms with Crippen molar-refractivity contribution in [1.82, 2.24) is 4.98 Å².